The van der Waals surface area contributed by atoms with Crippen LogP contribution in [0, 0.1) is 5.41 Å². The van der Waals surface area contributed by atoms with Gasteiger partial charge < -0.3 is 15.0 Å². The molecule has 1 aliphatic heterocycles. The van der Waals surface area contributed by atoms with Crippen LogP contribution in [0.15, 0.2) is 0 Å². The highest BCUT2D eigenvalue weighted by Gasteiger charge is 2.27. The van der Waals surface area contributed by atoms with Crippen molar-refractivity contribution in [1.82, 2.24) is 10.2 Å². The molecule has 0 radical (unpaired) electrons. The molecular formula is C13H26N2O2. The van der Waals surface area contributed by atoms with Gasteiger partial charge in [-0.3, -0.25) is 4.79 Å². The summed E-state index contributed by atoms with van der Waals surface area (Å²) in [5, 5.41) is 3.12. The lowest BCUT2D eigenvalue weighted by atomic mass is 9.90. The highest BCUT2D eigenvalue weighted by atomic mass is 16.5. The average molecular weight is 242 g/mol. The summed E-state index contributed by atoms with van der Waals surface area (Å²) in [4.78, 5) is 14.2. The summed E-state index contributed by atoms with van der Waals surface area (Å²) in [6.07, 6.45) is 1.58. The molecule has 17 heavy (non-hydrogen) atoms. The summed E-state index contributed by atoms with van der Waals surface area (Å²) in [5.74, 6) is 0.267. The molecule has 1 aliphatic rings. The Morgan fingerprint density at radius 3 is 2.76 bits per heavy atom. The van der Waals surface area contributed by atoms with Gasteiger partial charge >= 0.3 is 0 Å². The maximum absolute atomic E-state index is 12.2. The number of nitrogens with one attached hydrogen (secondary N) is 1. The van der Waals surface area contributed by atoms with Crippen LogP contribution in [0.1, 0.15) is 33.6 Å². The number of morpholine rings is 1. The van der Waals surface area contributed by atoms with Gasteiger partial charge in [0, 0.05) is 19.5 Å². The SMILES string of the molecule is CNCC1COCCN1C(=O)CCC(C)(C)C. The van der Waals surface area contributed by atoms with Crippen molar-refractivity contribution in [2.45, 2.75) is 39.7 Å². The van der Waals surface area contributed by atoms with Gasteiger partial charge in [0.25, 0.3) is 0 Å². The molecule has 0 aromatic heterocycles. The third-order valence-electron chi connectivity index (χ3n) is 3.08. The Balaban J connectivity index is 2.47. The zero-order valence-electron chi connectivity index (χ0n) is 11.6. The van der Waals surface area contributed by atoms with E-state index in [1.165, 1.54) is 0 Å². The predicted molar refractivity (Wildman–Crippen MR) is 68.9 cm³/mol. The Labute approximate surface area is 105 Å². The van der Waals surface area contributed by atoms with Crippen molar-refractivity contribution in [2.24, 2.45) is 5.41 Å². The van der Waals surface area contributed by atoms with Gasteiger partial charge in [0.15, 0.2) is 0 Å². The van der Waals surface area contributed by atoms with Crippen LogP contribution in [-0.4, -0.2) is 50.2 Å². The second-order valence-electron chi connectivity index (χ2n) is 5.93. The molecule has 0 saturated carbocycles. The summed E-state index contributed by atoms with van der Waals surface area (Å²) in [6, 6.07) is 0.196. The quantitative estimate of drug-likeness (QED) is 0.807. The van der Waals surface area contributed by atoms with Crippen LogP contribution >= 0.6 is 0 Å². The molecule has 1 rings (SSSR count). The molecule has 4 nitrogen and oxygen atoms in total. The minimum absolute atomic E-state index is 0.196. The highest BCUT2D eigenvalue weighted by molar-refractivity contribution is 5.76. The van der Waals surface area contributed by atoms with Gasteiger partial charge in [0.05, 0.1) is 19.3 Å². The summed E-state index contributed by atoms with van der Waals surface area (Å²) < 4.78 is 5.43. The van der Waals surface area contributed by atoms with Crippen LogP contribution in [0.2, 0.25) is 0 Å². The van der Waals surface area contributed by atoms with Crippen LogP contribution in [0.3, 0.4) is 0 Å². The van der Waals surface area contributed by atoms with E-state index in [1.54, 1.807) is 0 Å². The first-order valence-electron chi connectivity index (χ1n) is 6.46. The van der Waals surface area contributed by atoms with Crippen molar-refractivity contribution in [3.63, 3.8) is 0 Å². The molecule has 1 atom stereocenters. The van der Waals surface area contributed by atoms with Crippen molar-refractivity contribution >= 4 is 5.91 Å². The molecular weight excluding hydrogens is 216 g/mol. The monoisotopic (exact) mass is 242 g/mol. The minimum atomic E-state index is 0.196. The van der Waals surface area contributed by atoms with Crippen molar-refractivity contribution in [3.8, 4) is 0 Å². The van der Waals surface area contributed by atoms with E-state index >= 15 is 0 Å². The maximum atomic E-state index is 12.2. The van der Waals surface area contributed by atoms with Gasteiger partial charge in [-0.15, -0.1) is 0 Å². The van der Waals surface area contributed by atoms with Crippen LogP contribution in [0.4, 0.5) is 0 Å². The first-order valence-corrected chi connectivity index (χ1v) is 6.46. The highest BCUT2D eigenvalue weighted by Crippen LogP contribution is 2.22. The van der Waals surface area contributed by atoms with Gasteiger partial charge in [-0.05, 0) is 18.9 Å². The van der Waals surface area contributed by atoms with Crippen molar-refractivity contribution in [2.75, 3.05) is 33.4 Å². The molecule has 1 heterocycles. The van der Waals surface area contributed by atoms with Crippen LogP contribution < -0.4 is 5.32 Å². The number of amides is 1. The zero-order valence-corrected chi connectivity index (χ0v) is 11.6. The molecule has 1 saturated heterocycles. The van der Waals surface area contributed by atoms with E-state index in [0.29, 0.717) is 19.6 Å². The third kappa shape index (κ3) is 5.04. The lowest BCUT2D eigenvalue weighted by molar-refractivity contribution is -0.140. The molecule has 0 spiro atoms. The van der Waals surface area contributed by atoms with Crippen molar-refractivity contribution in [3.05, 3.63) is 0 Å². The van der Waals surface area contributed by atoms with Crippen molar-refractivity contribution < 1.29 is 9.53 Å². The largest absolute Gasteiger partial charge is 0.377 e. The second-order valence-corrected chi connectivity index (χ2v) is 5.93. The van der Waals surface area contributed by atoms with Gasteiger partial charge in [-0.1, -0.05) is 20.8 Å². The van der Waals surface area contributed by atoms with E-state index in [1.807, 2.05) is 11.9 Å². The molecule has 100 valence electrons. The number of carbonyl (C=O) groups is 1. The lowest BCUT2D eigenvalue weighted by Gasteiger charge is -2.36. The number of likely N-dealkylation sites (N-methyl/N-ethyl adjacent to an activating group) is 1. The van der Waals surface area contributed by atoms with Gasteiger partial charge in [0.2, 0.25) is 5.91 Å². The molecule has 1 unspecified atom stereocenters. The first kappa shape index (κ1) is 14.5. The number of hydrogen-bond acceptors (Lipinski definition) is 3. The van der Waals surface area contributed by atoms with Crippen LogP contribution in [0.5, 0.6) is 0 Å². The topological polar surface area (TPSA) is 41.6 Å². The van der Waals surface area contributed by atoms with E-state index in [-0.39, 0.29) is 17.4 Å². The number of carbonyl (C=O) groups excluding carboxylic acids is 1. The molecule has 4 heteroatoms. The first-order chi connectivity index (χ1) is 7.94. The van der Waals surface area contributed by atoms with E-state index < -0.39 is 0 Å². The second kappa shape index (κ2) is 6.36. The standard InChI is InChI=1S/C13H26N2O2/c1-13(2,3)6-5-12(16)15-7-8-17-10-11(15)9-14-4/h11,14H,5-10H2,1-4H3. The Kier molecular flexibility index (Phi) is 5.40. The molecule has 1 fully saturated rings. The number of nitrogens with zero attached hydrogens (tertiary/aromatic N) is 1. The third-order valence-corrected chi connectivity index (χ3v) is 3.08. The molecule has 1 amide bonds. The minimum Gasteiger partial charge on any atom is -0.377 e. The Morgan fingerprint density at radius 1 is 1.47 bits per heavy atom. The van der Waals surface area contributed by atoms with Crippen LogP contribution in [-0.2, 0) is 9.53 Å². The molecule has 0 bridgehead atoms. The molecule has 0 aromatic carbocycles. The summed E-state index contributed by atoms with van der Waals surface area (Å²) in [5.41, 5.74) is 0.223. The Hall–Kier alpha value is -0.610. The fraction of sp³-hybridized carbons (Fsp3) is 0.923. The molecule has 0 aliphatic carbocycles. The molecule has 0 aromatic rings. The van der Waals surface area contributed by atoms with Crippen LogP contribution in [0.25, 0.3) is 0 Å². The van der Waals surface area contributed by atoms with E-state index in [4.69, 9.17) is 4.74 Å². The zero-order chi connectivity index (χ0) is 12.9. The van der Waals surface area contributed by atoms with Gasteiger partial charge in [0.1, 0.15) is 0 Å². The predicted octanol–water partition coefficient (Wildman–Crippen LogP) is 1.26. The Morgan fingerprint density at radius 2 is 2.18 bits per heavy atom. The maximum Gasteiger partial charge on any atom is 0.223 e. The number of ether oxygens (including phenoxy) is 1. The fourth-order valence-corrected chi connectivity index (χ4v) is 2.01. The molecule has 1 N–H and O–H groups in total. The van der Waals surface area contributed by atoms with Gasteiger partial charge in [-0.2, -0.15) is 0 Å². The van der Waals surface area contributed by atoms with E-state index in [2.05, 4.69) is 26.1 Å². The van der Waals surface area contributed by atoms with E-state index in [0.717, 1.165) is 19.5 Å². The number of rotatable bonds is 4. The smallest absolute Gasteiger partial charge is 0.223 e. The summed E-state index contributed by atoms with van der Waals surface area (Å²) in [6.45, 7) is 9.38. The normalized spacial score (nSPS) is 21.6. The van der Waals surface area contributed by atoms with E-state index in [9.17, 15) is 4.79 Å². The fourth-order valence-electron chi connectivity index (χ4n) is 2.01. The summed E-state index contributed by atoms with van der Waals surface area (Å²) >= 11 is 0. The summed E-state index contributed by atoms with van der Waals surface area (Å²) in [7, 11) is 1.91. The van der Waals surface area contributed by atoms with Gasteiger partial charge in [-0.25, -0.2) is 0 Å². The average Bonchev–Trinajstić information content (AvgIpc) is 2.26. The lowest BCUT2D eigenvalue weighted by Crippen LogP contribution is -2.52. The Bertz CT molecular complexity index is 246. The van der Waals surface area contributed by atoms with Crippen molar-refractivity contribution in [1.29, 1.82) is 0 Å². The number of hydrogen-bond donors (Lipinski definition) is 1.